The monoisotopic (exact) mass is 146 g/mol. The molecule has 0 bridgehead atoms. The zero-order chi connectivity index (χ0) is 7.56. The zero-order valence-electron chi connectivity index (χ0n) is 6.16. The van der Waals surface area contributed by atoms with Crippen molar-refractivity contribution in [1.29, 1.82) is 0 Å². The van der Waals surface area contributed by atoms with Gasteiger partial charge in [0, 0.05) is 19.1 Å². The van der Waals surface area contributed by atoms with Crippen molar-refractivity contribution < 1.29 is 14.9 Å². The molecular formula is C7H14O3. The lowest BCUT2D eigenvalue weighted by Gasteiger charge is -2.18. The molecular weight excluding hydrogens is 132 g/mol. The van der Waals surface area contributed by atoms with Gasteiger partial charge in [0.2, 0.25) is 0 Å². The Morgan fingerprint density at radius 2 is 2.20 bits per heavy atom. The summed E-state index contributed by atoms with van der Waals surface area (Å²) in [5.74, 6) is 0.280. The van der Waals surface area contributed by atoms with Crippen LogP contribution in [0.25, 0.3) is 0 Å². The lowest BCUT2D eigenvalue weighted by molar-refractivity contribution is -0.0945. The van der Waals surface area contributed by atoms with Crippen LogP contribution >= 0.6 is 0 Å². The number of aliphatic hydroxyl groups is 2. The molecule has 1 heterocycles. The molecule has 1 saturated heterocycles. The third-order valence-corrected chi connectivity index (χ3v) is 2.18. The highest BCUT2D eigenvalue weighted by atomic mass is 16.5. The molecule has 3 nitrogen and oxygen atoms in total. The molecule has 0 spiro atoms. The van der Waals surface area contributed by atoms with Gasteiger partial charge in [-0.3, -0.25) is 0 Å². The van der Waals surface area contributed by atoms with Gasteiger partial charge in [-0.05, 0) is 12.3 Å². The Labute approximate surface area is 60.6 Å². The molecule has 1 rings (SSSR count). The van der Waals surface area contributed by atoms with Crippen LogP contribution in [-0.2, 0) is 4.74 Å². The summed E-state index contributed by atoms with van der Waals surface area (Å²) in [5.41, 5.74) is 0. The summed E-state index contributed by atoms with van der Waals surface area (Å²) in [7, 11) is 0. The minimum absolute atomic E-state index is 0.0532. The summed E-state index contributed by atoms with van der Waals surface area (Å²) in [6.07, 6.45) is -0.231. The fourth-order valence-electron chi connectivity index (χ4n) is 1.21. The Hall–Kier alpha value is -0.120. The Morgan fingerprint density at radius 1 is 1.50 bits per heavy atom. The predicted molar refractivity (Wildman–Crippen MR) is 36.3 cm³/mol. The van der Waals surface area contributed by atoms with Gasteiger partial charge in [0.25, 0.3) is 0 Å². The van der Waals surface area contributed by atoms with Crippen molar-refractivity contribution in [2.45, 2.75) is 19.6 Å². The molecule has 0 amide bonds. The van der Waals surface area contributed by atoms with Crippen LogP contribution < -0.4 is 0 Å². The van der Waals surface area contributed by atoms with Gasteiger partial charge in [0.05, 0.1) is 0 Å². The normalized spacial score (nSPS) is 29.4. The second-order valence-corrected chi connectivity index (χ2v) is 2.90. The van der Waals surface area contributed by atoms with E-state index in [0.717, 1.165) is 13.0 Å². The predicted octanol–water partition coefficient (Wildman–Crippen LogP) is -0.0303. The second kappa shape index (κ2) is 3.32. The van der Waals surface area contributed by atoms with E-state index >= 15 is 0 Å². The minimum atomic E-state index is -1.19. The van der Waals surface area contributed by atoms with E-state index in [0.29, 0.717) is 12.5 Å². The topological polar surface area (TPSA) is 49.7 Å². The van der Waals surface area contributed by atoms with Crippen LogP contribution in [0.4, 0.5) is 0 Å². The zero-order valence-corrected chi connectivity index (χ0v) is 6.16. The van der Waals surface area contributed by atoms with Crippen LogP contribution in [0.3, 0.4) is 0 Å². The van der Waals surface area contributed by atoms with Crippen LogP contribution in [0.5, 0.6) is 0 Å². The first kappa shape index (κ1) is 7.98. The molecule has 0 aromatic heterocycles. The van der Waals surface area contributed by atoms with Crippen molar-refractivity contribution >= 4 is 0 Å². The maximum atomic E-state index is 8.78. The summed E-state index contributed by atoms with van der Waals surface area (Å²) >= 11 is 0. The molecule has 0 radical (unpaired) electrons. The van der Waals surface area contributed by atoms with E-state index < -0.39 is 6.29 Å². The van der Waals surface area contributed by atoms with E-state index in [1.807, 2.05) is 6.92 Å². The maximum Gasteiger partial charge on any atom is 0.154 e. The highest BCUT2D eigenvalue weighted by Crippen LogP contribution is 2.23. The minimum Gasteiger partial charge on any atom is -0.381 e. The Balaban J connectivity index is 2.32. The van der Waals surface area contributed by atoms with Crippen molar-refractivity contribution in [2.24, 2.45) is 11.8 Å². The average Bonchev–Trinajstić information content (AvgIpc) is 2.36. The van der Waals surface area contributed by atoms with Gasteiger partial charge in [-0.15, -0.1) is 0 Å². The molecule has 0 aromatic carbocycles. The average molecular weight is 146 g/mol. The molecule has 0 aromatic rings. The molecule has 0 aliphatic carbocycles. The van der Waals surface area contributed by atoms with Gasteiger partial charge in [0.1, 0.15) is 0 Å². The van der Waals surface area contributed by atoms with E-state index in [9.17, 15) is 0 Å². The number of rotatable bonds is 2. The summed E-state index contributed by atoms with van der Waals surface area (Å²) in [4.78, 5) is 0. The summed E-state index contributed by atoms with van der Waals surface area (Å²) in [6.45, 7) is 3.28. The van der Waals surface area contributed by atoms with Gasteiger partial charge in [-0.2, -0.15) is 0 Å². The largest absolute Gasteiger partial charge is 0.381 e. The quantitative estimate of drug-likeness (QED) is 0.538. The van der Waals surface area contributed by atoms with Gasteiger partial charge in [0.15, 0.2) is 6.29 Å². The lowest BCUT2D eigenvalue weighted by atomic mass is 9.93. The Bertz CT molecular complexity index is 97.0. The van der Waals surface area contributed by atoms with Gasteiger partial charge in [-0.25, -0.2) is 0 Å². The van der Waals surface area contributed by atoms with Crippen molar-refractivity contribution in [3.63, 3.8) is 0 Å². The van der Waals surface area contributed by atoms with Gasteiger partial charge in [-0.1, -0.05) is 6.92 Å². The third-order valence-electron chi connectivity index (χ3n) is 2.18. The van der Waals surface area contributed by atoms with E-state index in [1.165, 1.54) is 0 Å². The van der Waals surface area contributed by atoms with Crippen LogP contribution in [0.1, 0.15) is 13.3 Å². The smallest absolute Gasteiger partial charge is 0.154 e. The van der Waals surface area contributed by atoms with Crippen molar-refractivity contribution in [1.82, 2.24) is 0 Å². The molecule has 2 N–H and O–H groups in total. The van der Waals surface area contributed by atoms with Crippen LogP contribution in [0.2, 0.25) is 0 Å². The standard InChI is InChI=1S/C7H14O3/c1-5(7(8)9)6-2-3-10-4-6/h5-9H,2-4H2,1H3. The maximum absolute atomic E-state index is 8.78. The molecule has 1 aliphatic heterocycles. The summed E-state index contributed by atoms with van der Waals surface area (Å²) < 4.78 is 5.11. The third kappa shape index (κ3) is 1.68. The van der Waals surface area contributed by atoms with Crippen LogP contribution in [0.15, 0.2) is 0 Å². The molecule has 10 heavy (non-hydrogen) atoms. The highest BCUT2D eigenvalue weighted by molar-refractivity contribution is 4.71. The number of ether oxygens (including phenoxy) is 1. The van der Waals surface area contributed by atoms with Crippen LogP contribution in [-0.4, -0.2) is 29.7 Å². The molecule has 2 unspecified atom stereocenters. The van der Waals surface area contributed by atoms with E-state index in [2.05, 4.69) is 0 Å². The Morgan fingerprint density at radius 3 is 2.60 bits per heavy atom. The number of hydrogen-bond donors (Lipinski definition) is 2. The molecule has 60 valence electrons. The molecule has 1 fully saturated rings. The second-order valence-electron chi connectivity index (χ2n) is 2.90. The van der Waals surface area contributed by atoms with E-state index in [-0.39, 0.29) is 5.92 Å². The summed E-state index contributed by atoms with van der Waals surface area (Å²) in [6, 6.07) is 0. The Kier molecular flexibility index (Phi) is 2.65. The first-order chi connectivity index (χ1) is 4.72. The van der Waals surface area contributed by atoms with Gasteiger partial charge >= 0.3 is 0 Å². The summed E-state index contributed by atoms with van der Waals surface area (Å²) in [5, 5.41) is 17.6. The van der Waals surface area contributed by atoms with E-state index in [1.54, 1.807) is 0 Å². The molecule has 2 atom stereocenters. The lowest BCUT2D eigenvalue weighted by Crippen LogP contribution is -2.25. The fraction of sp³-hybridized carbons (Fsp3) is 1.00. The van der Waals surface area contributed by atoms with Crippen molar-refractivity contribution in [3.05, 3.63) is 0 Å². The van der Waals surface area contributed by atoms with Crippen molar-refractivity contribution in [3.8, 4) is 0 Å². The number of hydrogen-bond acceptors (Lipinski definition) is 3. The van der Waals surface area contributed by atoms with Gasteiger partial charge < -0.3 is 14.9 Å². The number of aliphatic hydroxyl groups excluding tert-OH is 1. The first-order valence-electron chi connectivity index (χ1n) is 3.65. The molecule has 1 aliphatic rings. The van der Waals surface area contributed by atoms with Crippen LogP contribution in [0, 0.1) is 11.8 Å². The first-order valence-corrected chi connectivity index (χ1v) is 3.65. The fourth-order valence-corrected chi connectivity index (χ4v) is 1.21. The SMILES string of the molecule is CC(C(O)O)C1CCOC1. The highest BCUT2D eigenvalue weighted by Gasteiger charge is 2.26. The molecule has 3 heteroatoms. The van der Waals surface area contributed by atoms with E-state index in [4.69, 9.17) is 14.9 Å². The molecule has 0 saturated carbocycles. The van der Waals surface area contributed by atoms with Crippen molar-refractivity contribution in [2.75, 3.05) is 13.2 Å².